The minimum absolute atomic E-state index is 0.636. The van der Waals surface area contributed by atoms with Gasteiger partial charge in [-0.15, -0.1) is 0 Å². The molecular formula is C24H56N2O6Si2. The maximum absolute atomic E-state index is 5.83. The third-order valence-corrected chi connectivity index (χ3v) is 10.9. The van der Waals surface area contributed by atoms with Crippen molar-refractivity contribution in [3.63, 3.8) is 0 Å². The van der Waals surface area contributed by atoms with Crippen molar-refractivity contribution in [2.75, 3.05) is 52.7 Å². The Balaban J connectivity index is 0. The number of nitrogens with zero attached hydrogens (tertiary/aromatic N) is 1. The van der Waals surface area contributed by atoms with E-state index in [0.717, 1.165) is 37.9 Å². The van der Waals surface area contributed by atoms with Gasteiger partial charge in [0.25, 0.3) is 0 Å². The van der Waals surface area contributed by atoms with E-state index >= 15 is 0 Å². The monoisotopic (exact) mass is 524 g/mol. The first-order valence-electron chi connectivity index (χ1n) is 13.3. The maximum Gasteiger partial charge on any atom is 0.500 e. The molecule has 0 amide bonds. The number of rotatable bonds is 21. The summed E-state index contributed by atoms with van der Waals surface area (Å²) in [6, 6.07) is 1.67. The Hall–Kier alpha value is -0.176. The molecule has 8 nitrogen and oxygen atoms in total. The molecule has 0 aliphatic rings. The van der Waals surface area contributed by atoms with Crippen molar-refractivity contribution in [1.29, 1.82) is 0 Å². The second-order valence-electron chi connectivity index (χ2n) is 8.17. The lowest BCUT2D eigenvalue weighted by Crippen LogP contribution is -2.46. The fourth-order valence-electron chi connectivity index (χ4n) is 3.54. The van der Waals surface area contributed by atoms with E-state index in [2.05, 4.69) is 25.8 Å². The van der Waals surface area contributed by atoms with Crippen LogP contribution in [0, 0.1) is 5.92 Å². The zero-order valence-corrected chi connectivity index (χ0v) is 25.7. The zero-order chi connectivity index (χ0) is 26.3. The van der Waals surface area contributed by atoms with Crippen LogP contribution in [0.5, 0.6) is 0 Å². The van der Waals surface area contributed by atoms with Gasteiger partial charge in [-0.05, 0) is 80.2 Å². The van der Waals surface area contributed by atoms with E-state index in [1.165, 1.54) is 5.71 Å². The summed E-state index contributed by atoms with van der Waals surface area (Å²) in [5.74, 6) is 0.669. The van der Waals surface area contributed by atoms with Crippen LogP contribution >= 0.6 is 0 Å². The van der Waals surface area contributed by atoms with E-state index in [4.69, 9.17) is 32.3 Å². The summed E-state index contributed by atoms with van der Waals surface area (Å²) < 4.78 is 34.4. The Morgan fingerprint density at radius 2 is 1.03 bits per heavy atom. The second-order valence-corrected chi connectivity index (χ2v) is 13.6. The van der Waals surface area contributed by atoms with E-state index in [-0.39, 0.29) is 0 Å². The average Bonchev–Trinajstić information content (AvgIpc) is 2.76. The van der Waals surface area contributed by atoms with Gasteiger partial charge >= 0.3 is 17.6 Å². The first-order valence-corrected chi connectivity index (χ1v) is 17.1. The van der Waals surface area contributed by atoms with Gasteiger partial charge < -0.3 is 32.3 Å². The molecule has 0 heterocycles. The topological polar surface area (TPSA) is 93.8 Å². The van der Waals surface area contributed by atoms with Gasteiger partial charge in [-0.1, -0.05) is 13.8 Å². The van der Waals surface area contributed by atoms with Crippen molar-refractivity contribution in [2.45, 2.75) is 93.7 Å². The molecule has 10 heteroatoms. The molecule has 0 radical (unpaired) electrons. The standard InChI is InChI=1S/C15H33NO3Si.C9H23NO3Si/c1-7-17-20(18-8-2,19-9-3)12-10-11-16-15(6)13-14(4)5;1-4-11-14(12-5-2,13-6-3)9-7-8-10/h14H,7-13H2,1-6H3;4-10H2,1-3H3. The molecule has 0 fully saturated rings. The molecule has 0 aromatic rings. The minimum atomic E-state index is -2.47. The molecule has 0 saturated heterocycles. The highest BCUT2D eigenvalue weighted by molar-refractivity contribution is 6.61. The Bertz CT molecular complexity index is 450. The molecule has 0 aromatic carbocycles. The summed E-state index contributed by atoms with van der Waals surface area (Å²) >= 11 is 0. The van der Waals surface area contributed by atoms with Gasteiger partial charge in [0.2, 0.25) is 0 Å². The maximum atomic E-state index is 5.83. The van der Waals surface area contributed by atoms with Crippen LogP contribution in [0.25, 0.3) is 0 Å². The number of nitrogens with two attached hydrogens (primary N) is 1. The van der Waals surface area contributed by atoms with Crippen molar-refractivity contribution in [1.82, 2.24) is 0 Å². The molecule has 0 aliphatic heterocycles. The van der Waals surface area contributed by atoms with Crippen LogP contribution in [0.1, 0.15) is 81.6 Å². The highest BCUT2D eigenvalue weighted by Crippen LogP contribution is 2.19. The predicted molar refractivity (Wildman–Crippen MR) is 147 cm³/mol. The van der Waals surface area contributed by atoms with Gasteiger partial charge in [0.1, 0.15) is 0 Å². The normalized spacial score (nSPS) is 12.7. The van der Waals surface area contributed by atoms with Crippen LogP contribution in [0.15, 0.2) is 4.99 Å². The summed E-state index contributed by atoms with van der Waals surface area (Å²) in [6.07, 6.45) is 2.93. The molecule has 0 aromatic heterocycles. The van der Waals surface area contributed by atoms with E-state index < -0.39 is 17.6 Å². The van der Waals surface area contributed by atoms with Gasteiger partial charge in [0.15, 0.2) is 0 Å². The van der Waals surface area contributed by atoms with Gasteiger partial charge in [0.05, 0.1) is 0 Å². The largest absolute Gasteiger partial charge is 0.500 e. The molecule has 0 aliphatic carbocycles. The SMILES string of the molecule is CCO[Si](CCCN)(OCC)OCC.CCO[Si](CCCN=C(C)CC(C)C)(OCC)OCC. The Morgan fingerprint density at radius 3 is 1.32 bits per heavy atom. The molecule has 2 N–H and O–H groups in total. The Kier molecular flexibility index (Phi) is 24.6. The third kappa shape index (κ3) is 18.1. The molecule has 0 bridgehead atoms. The third-order valence-electron chi connectivity index (χ3n) is 4.60. The number of hydrogen-bond acceptors (Lipinski definition) is 8. The van der Waals surface area contributed by atoms with Crippen LogP contribution in [0.2, 0.25) is 12.1 Å². The quantitative estimate of drug-likeness (QED) is 0.123. The first-order chi connectivity index (χ1) is 16.2. The zero-order valence-electron chi connectivity index (χ0n) is 23.7. The van der Waals surface area contributed by atoms with E-state index in [9.17, 15) is 0 Å². The van der Waals surface area contributed by atoms with Crippen molar-refractivity contribution < 1.29 is 26.6 Å². The summed E-state index contributed by atoms with van der Waals surface area (Å²) in [5, 5.41) is 0. The lowest BCUT2D eigenvalue weighted by Gasteiger charge is -2.28. The van der Waals surface area contributed by atoms with Crippen molar-refractivity contribution in [2.24, 2.45) is 16.6 Å². The molecule has 0 rings (SSSR count). The smallest absolute Gasteiger partial charge is 0.374 e. The molecule has 0 unspecified atom stereocenters. The van der Waals surface area contributed by atoms with Crippen LogP contribution in [0.4, 0.5) is 0 Å². The average molecular weight is 525 g/mol. The fraction of sp³-hybridized carbons (Fsp3) is 0.958. The van der Waals surface area contributed by atoms with E-state index in [1.807, 2.05) is 41.5 Å². The Morgan fingerprint density at radius 1 is 0.676 bits per heavy atom. The molecule has 206 valence electrons. The molecular weight excluding hydrogens is 468 g/mol. The summed E-state index contributed by atoms with van der Waals surface area (Å²) in [5.41, 5.74) is 6.71. The van der Waals surface area contributed by atoms with Gasteiger partial charge in [0, 0.05) is 64.0 Å². The summed E-state index contributed by atoms with van der Waals surface area (Å²) in [4.78, 5) is 4.62. The van der Waals surface area contributed by atoms with Gasteiger partial charge in [-0.3, -0.25) is 4.99 Å². The summed E-state index contributed by atoms with van der Waals surface area (Å²) in [6.45, 7) is 23.7. The van der Waals surface area contributed by atoms with Crippen molar-refractivity contribution in [3.8, 4) is 0 Å². The van der Waals surface area contributed by atoms with Crippen LogP contribution in [0.3, 0.4) is 0 Å². The summed E-state index contributed by atoms with van der Waals surface area (Å²) in [7, 11) is -4.87. The van der Waals surface area contributed by atoms with Crippen LogP contribution in [-0.4, -0.2) is 76.1 Å². The molecule has 0 saturated carbocycles. The lowest BCUT2D eigenvalue weighted by molar-refractivity contribution is 0.0702. The Labute approximate surface area is 213 Å². The van der Waals surface area contributed by atoms with Gasteiger partial charge in [-0.2, -0.15) is 0 Å². The molecule has 0 atom stereocenters. The molecule has 0 spiro atoms. The van der Waals surface area contributed by atoms with Crippen LogP contribution in [-0.2, 0) is 26.6 Å². The van der Waals surface area contributed by atoms with E-state index in [1.54, 1.807) is 0 Å². The highest BCUT2D eigenvalue weighted by atomic mass is 28.4. The van der Waals surface area contributed by atoms with Crippen molar-refractivity contribution in [3.05, 3.63) is 0 Å². The minimum Gasteiger partial charge on any atom is -0.374 e. The fourth-order valence-corrected chi connectivity index (χ4v) is 8.78. The number of aliphatic imine (C=N–C) groups is 1. The first kappa shape index (κ1) is 36.0. The van der Waals surface area contributed by atoms with Crippen LogP contribution < -0.4 is 5.73 Å². The second kappa shape index (κ2) is 23.2. The highest BCUT2D eigenvalue weighted by Gasteiger charge is 2.40. The lowest BCUT2D eigenvalue weighted by atomic mass is 10.1. The molecule has 34 heavy (non-hydrogen) atoms. The number of hydrogen-bond donors (Lipinski definition) is 1. The van der Waals surface area contributed by atoms with Gasteiger partial charge in [-0.25, -0.2) is 0 Å². The van der Waals surface area contributed by atoms with E-state index in [0.29, 0.717) is 52.1 Å². The van der Waals surface area contributed by atoms with Crippen molar-refractivity contribution >= 4 is 23.3 Å². The predicted octanol–water partition coefficient (Wildman–Crippen LogP) is 5.32.